The Kier molecular flexibility index (Phi) is 3.66. The summed E-state index contributed by atoms with van der Waals surface area (Å²) in [6.45, 7) is 3.36. The van der Waals surface area contributed by atoms with Crippen LogP contribution in [0, 0.1) is 5.92 Å². The second-order valence-corrected chi connectivity index (χ2v) is 5.65. The number of aromatic nitrogens is 2. The zero-order valence-electron chi connectivity index (χ0n) is 10.5. The predicted molar refractivity (Wildman–Crippen MR) is 73.0 cm³/mol. The van der Waals surface area contributed by atoms with Crippen molar-refractivity contribution in [3.63, 3.8) is 0 Å². The molecule has 2 atom stereocenters. The highest BCUT2D eigenvalue weighted by Gasteiger charge is 2.29. The zero-order chi connectivity index (χ0) is 12.4. The van der Waals surface area contributed by atoms with E-state index in [4.69, 9.17) is 11.6 Å². The Morgan fingerprint density at radius 1 is 1.22 bits per heavy atom. The van der Waals surface area contributed by atoms with Gasteiger partial charge in [-0.05, 0) is 50.3 Å². The molecule has 0 bridgehead atoms. The summed E-state index contributed by atoms with van der Waals surface area (Å²) in [5, 5.41) is 12.2. The van der Waals surface area contributed by atoms with Gasteiger partial charge in [0.25, 0.3) is 0 Å². The van der Waals surface area contributed by atoms with Crippen molar-refractivity contribution in [2.75, 3.05) is 24.5 Å². The van der Waals surface area contributed by atoms with E-state index in [0.717, 1.165) is 24.8 Å². The topological polar surface area (TPSA) is 41.0 Å². The van der Waals surface area contributed by atoms with Crippen LogP contribution >= 0.6 is 11.6 Å². The van der Waals surface area contributed by atoms with Crippen molar-refractivity contribution in [1.82, 2.24) is 15.5 Å². The maximum atomic E-state index is 5.78. The quantitative estimate of drug-likeness (QED) is 0.890. The van der Waals surface area contributed by atoms with Gasteiger partial charge in [0.2, 0.25) is 0 Å². The molecule has 0 saturated carbocycles. The average molecular weight is 267 g/mol. The van der Waals surface area contributed by atoms with E-state index in [9.17, 15) is 0 Å². The van der Waals surface area contributed by atoms with E-state index >= 15 is 0 Å². The molecule has 0 aromatic carbocycles. The molecule has 0 aliphatic carbocycles. The lowest BCUT2D eigenvalue weighted by Crippen LogP contribution is -2.43. The Labute approximate surface area is 113 Å². The lowest BCUT2D eigenvalue weighted by Gasteiger charge is -2.36. The van der Waals surface area contributed by atoms with Crippen molar-refractivity contribution >= 4 is 17.4 Å². The highest BCUT2D eigenvalue weighted by molar-refractivity contribution is 6.29. The predicted octanol–water partition coefficient (Wildman–Crippen LogP) is 2.10. The van der Waals surface area contributed by atoms with Crippen LogP contribution in [0.4, 0.5) is 5.82 Å². The van der Waals surface area contributed by atoms with Crippen LogP contribution in [0.5, 0.6) is 0 Å². The minimum absolute atomic E-state index is 0.463. The van der Waals surface area contributed by atoms with Crippen LogP contribution in [0.25, 0.3) is 0 Å². The van der Waals surface area contributed by atoms with E-state index in [1.165, 1.54) is 32.2 Å². The number of rotatable bonds is 2. The largest absolute Gasteiger partial charge is 0.355 e. The summed E-state index contributed by atoms with van der Waals surface area (Å²) in [6, 6.07) is 4.49. The van der Waals surface area contributed by atoms with Gasteiger partial charge in [0.05, 0.1) is 0 Å². The molecule has 0 radical (unpaired) electrons. The van der Waals surface area contributed by atoms with Crippen molar-refractivity contribution in [3.8, 4) is 0 Å². The Morgan fingerprint density at radius 3 is 2.89 bits per heavy atom. The third-order valence-electron chi connectivity index (χ3n) is 4.07. The van der Waals surface area contributed by atoms with Crippen molar-refractivity contribution < 1.29 is 0 Å². The summed E-state index contributed by atoms with van der Waals surface area (Å²) in [7, 11) is 0. The Balaban J connectivity index is 1.67. The van der Waals surface area contributed by atoms with Crippen LogP contribution in [0.2, 0.25) is 5.15 Å². The molecule has 4 nitrogen and oxygen atoms in total. The van der Waals surface area contributed by atoms with Gasteiger partial charge in [0.1, 0.15) is 0 Å². The molecule has 1 N–H and O–H groups in total. The minimum Gasteiger partial charge on any atom is -0.355 e. The van der Waals surface area contributed by atoms with Gasteiger partial charge in [-0.1, -0.05) is 11.6 Å². The minimum atomic E-state index is 0.463. The molecular formula is C13H19ClN4. The smallest absolute Gasteiger partial charge is 0.151 e. The molecular weight excluding hydrogens is 248 g/mol. The molecule has 2 fully saturated rings. The maximum Gasteiger partial charge on any atom is 0.151 e. The highest BCUT2D eigenvalue weighted by Crippen LogP contribution is 2.27. The number of nitrogens with one attached hydrogen (secondary N) is 1. The molecule has 3 heterocycles. The van der Waals surface area contributed by atoms with Gasteiger partial charge in [0, 0.05) is 19.1 Å². The monoisotopic (exact) mass is 266 g/mol. The summed E-state index contributed by atoms with van der Waals surface area (Å²) >= 11 is 5.78. The van der Waals surface area contributed by atoms with Gasteiger partial charge in [-0.15, -0.1) is 10.2 Å². The van der Waals surface area contributed by atoms with Crippen molar-refractivity contribution in [3.05, 3.63) is 17.3 Å². The van der Waals surface area contributed by atoms with Crippen LogP contribution in [-0.2, 0) is 0 Å². The first-order valence-corrected chi connectivity index (χ1v) is 7.18. The normalized spacial score (nSPS) is 28.6. The van der Waals surface area contributed by atoms with Crippen LogP contribution in [-0.4, -0.2) is 35.9 Å². The second kappa shape index (κ2) is 5.41. The van der Waals surface area contributed by atoms with Crippen LogP contribution in [0.1, 0.15) is 25.7 Å². The summed E-state index contributed by atoms with van der Waals surface area (Å²) in [5.41, 5.74) is 0. The number of hydrogen-bond acceptors (Lipinski definition) is 4. The fourth-order valence-corrected chi connectivity index (χ4v) is 3.24. The van der Waals surface area contributed by atoms with E-state index in [1.807, 2.05) is 12.1 Å². The molecule has 2 saturated heterocycles. The molecule has 2 unspecified atom stereocenters. The molecule has 0 amide bonds. The first-order chi connectivity index (χ1) is 8.83. The lowest BCUT2D eigenvalue weighted by molar-refractivity contribution is 0.327. The number of hydrogen-bond donors (Lipinski definition) is 1. The third-order valence-corrected chi connectivity index (χ3v) is 4.27. The van der Waals surface area contributed by atoms with Gasteiger partial charge in [0.15, 0.2) is 11.0 Å². The maximum absolute atomic E-state index is 5.78. The molecule has 1 aromatic heterocycles. The van der Waals surface area contributed by atoms with Crippen molar-refractivity contribution in [2.45, 2.75) is 31.7 Å². The zero-order valence-corrected chi connectivity index (χ0v) is 11.2. The van der Waals surface area contributed by atoms with Crippen LogP contribution < -0.4 is 10.2 Å². The van der Waals surface area contributed by atoms with Gasteiger partial charge < -0.3 is 10.2 Å². The van der Waals surface area contributed by atoms with E-state index in [0.29, 0.717) is 11.2 Å². The average Bonchev–Trinajstić information content (AvgIpc) is 2.94. The van der Waals surface area contributed by atoms with Gasteiger partial charge in [-0.25, -0.2) is 0 Å². The summed E-state index contributed by atoms with van der Waals surface area (Å²) in [6.07, 6.45) is 5.22. The molecule has 5 heteroatoms. The number of halogens is 1. The molecule has 98 valence electrons. The molecule has 0 spiro atoms. The van der Waals surface area contributed by atoms with E-state index in [1.54, 1.807) is 0 Å². The Hall–Kier alpha value is -0.870. The first-order valence-electron chi connectivity index (χ1n) is 6.80. The molecule has 1 aromatic rings. The summed E-state index contributed by atoms with van der Waals surface area (Å²) in [5.74, 6) is 1.71. The van der Waals surface area contributed by atoms with Gasteiger partial charge in [-0.2, -0.15) is 0 Å². The third kappa shape index (κ3) is 2.59. The summed E-state index contributed by atoms with van der Waals surface area (Å²) in [4.78, 5) is 2.34. The van der Waals surface area contributed by atoms with Gasteiger partial charge >= 0.3 is 0 Å². The standard InChI is InChI=1S/C13H19ClN4/c14-12-5-6-13(17-16-12)18-8-2-3-10(9-18)11-4-1-7-15-11/h5-6,10-11,15H,1-4,7-9H2. The lowest BCUT2D eigenvalue weighted by atomic mass is 9.90. The second-order valence-electron chi connectivity index (χ2n) is 5.27. The molecule has 2 aliphatic heterocycles. The fourth-order valence-electron chi connectivity index (χ4n) is 3.14. The van der Waals surface area contributed by atoms with E-state index < -0.39 is 0 Å². The van der Waals surface area contributed by atoms with Crippen molar-refractivity contribution in [2.24, 2.45) is 5.92 Å². The number of nitrogens with zero attached hydrogens (tertiary/aromatic N) is 3. The number of piperidine rings is 1. The Bertz CT molecular complexity index is 388. The SMILES string of the molecule is Clc1ccc(N2CCCC(C3CCCN3)C2)nn1. The van der Waals surface area contributed by atoms with E-state index in [2.05, 4.69) is 20.4 Å². The molecule has 18 heavy (non-hydrogen) atoms. The molecule has 3 rings (SSSR count). The summed E-state index contributed by atoms with van der Waals surface area (Å²) < 4.78 is 0. The first kappa shape index (κ1) is 12.2. The fraction of sp³-hybridized carbons (Fsp3) is 0.692. The molecule has 2 aliphatic rings. The van der Waals surface area contributed by atoms with Crippen LogP contribution in [0.15, 0.2) is 12.1 Å². The Morgan fingerprint density at radius 2 is 2.17 bits per heavy atom. The van der Waals surface area contributed by atoms with Crippen LogP contribution in [0.3, 0.4) is 0 Å². The highest BCUT2D eigenvalue weighted by atomic mass is 35.5. The van der Waals surface area contributed by atoms with Crippen molar-refractivity contribution in [1.29, 1.82) is 0 Å². The van der Waals surface area contributed by atoms with Gasteiger partial charge in [-0.3, -0.25) is 0 Å². The van der Waals surface area contributed by atoms with E-state index in [-0.39, 0.29) is 0 Å². The number of anilines is 1.